The molecule has 2 N–H and O–H groups in total. The van der Waals surface area contributed by atoms with Crippen molar-refractivity contribution < 1.29 is 29.0 Å². The number of aromatic nitrogens is 3. The van der Waals surface area contributed by atoms with E-state index in [4.69, 9.17) is 9.47 Å². The quantitative estimate of drug-likeness (QED) is 0.0479. The van der Waals surface area contributed by atoms with Gasteiger partial charge in [0, 0.05) is 25.9 Å². The highest BCUT2D eigenvalue weighted by atomic mass is 16.5. The molecular formula is C52H97N5O6. The molecule has 0 aromatic carbocycles. The summed E-state index contributed by atoms with van der Waals surface area (Å²) < 4.78 is 11.6. The minimum absolute atomic E-state index is 0.0191. The molecule has 11 heteroatoms. The number of aliphatic hydroxyl groups is 1. The van der Waals surface area contributed by atoms with Crippen LogP contribution >= 0.6 is 0 Å². The minimum Gasteiger partial charge on any atom is -0.466 e. The molecule has 0 radical (unpaired) electrons. The summed E-state index contributed by atoms with van der Waals surface area (Å²) in [7, 11) is 0. The number of carbonyl (C=O) groups excluding carboxylic acids is 3. The van der Waals surface area contributed by atoms with E-state index in [1.54, 1.807) is 0 Å². The lowest BCUT2D eigenvalue weighted by atomic mass is 10.0. The number of aliphatic hydroxyl groups excluding tert-OH is 1. The van der Waals surface area contributed by atoms with E-state index in [9.17, 15) is 19.5 Å². The number of amides is 1. The molecule has 0 fully saturated rings. The van der Waals surface area contributed by atoms with Crippen LogP contribution in [0.2, 0.25) is 0 Å². The Hall–Kier alpha value is -2.66. The fraction of sp³-hybridized carbons (Fsp3) is 0.885. The Kier molecular flexibility index (Phi) is 41.3. The molecule has 11 nitrogen and oxygen atoms in total. The molecule has 1 aromatic rings. The van der Waals surface area contributed by atoms with Gasteiger partial charge in [-0.2, -0.15) is 0 Å². The number of ether oxygens (including phenoxy) is 2. The third-order valence-corrected chi connectivity index (χ3v) is 12.2. The van der Waals surface area contributed by atoms with E-state index in [1.165, 1.54) is 122 Å². The van der Waals surface area contributed by atoms with Crippen LogP contribution in [0.1, 0.15) is 263 Å². The third-order valence-electron chi connectivity index (χ3n) is 12.2. The predicted molar refractivity (Wildman–Crippen MR) is 259 cm³/mol. The Morgan fingerprint density at radius 2 is 1.00 bits per heavy atom. The first-order valence-electron chi connectivity index (χ1n) is 26.5. The molecule has 1 unspecified atom stereocenters. The van der Waals surface area contributed by atoms with Gasteiger partial charge in [0.25, 0.3) is 5.91 Å². The number of hydrogen-bond donors (Lipinski definition) is 2. The van der Waals surface area contributed by atoms with Crippen molar-refractivity contribution in [1.82, 2.24) is 25.2 Å². The summed E-state index contributed by atoms with van der Waals surface area (Å²) in [5, 5.41) is 13.8. The van der Waals surface area contributed by atoms with E-state index < -0.39 is 6.10 Å². The Balaban J connectivity index is 2.41. The van der Waals surface area contributed by atoms with Crippen molar-refractivity contribution in [2.75, 3.05) is 32.8 Å². The Morgan fingerprint density at radius 3 is 1.56 bits per heavy atom. The summed E-state index contributed by atoms with van der Waals surface area (Å²) in [5.41, 5.74) is 0. The van der Waals surface area contributed by atoms with Gasteiger partial charge in [0.2, 0.25) is 5.82 Å². The first-order chi connectivity index (χ1) is 30.9. The summed E-state index contributed by atoms with van der Waals surface area (Å²) in [6.45, 7) is 10.2. The molecule has 0 aliphatic heterocycles. The van der Waals surface area contributed by atoms with Gasteiger partial charge in [0.05, 0.1) is 12.7 Å². The molecule has 0 saturated heterocycles. The molecule has 1 aromatic heterocycles. The van der Waals surface area contributed by atoms with Gasteiger partial charge in [-0.1, -0.05) is 162 Å². The van der Waals surface area contributed by atoms with Gasteiger partial charge in [-0.15, -0.1) is 0 Å². The summed E-state index contributed by atoms with van der Waals surface area (Å²) in [6, 6.07) is 0. The fourth-order valence-corrected chi connectivity index (χ4v) is 8.23. The average Bonchev–Trinajstić information content (AvgIpc) is 3.28. The number of hydrogen-bond acceptors (Lipinski definition) is 10. The van der Waals surface area contributed by atoms with Crippen molar-refractivity contribution in [2.45, 2.75) is 264 Å². The van der Waals surface area contributed by atoms with Crippen LogP contribution in [-0.2, 0) is 19.1 Å². The number of rotatable bonds is 47. The lowest BCUT2D eigenvalue weighted by molar-refractivity contribution is -0.150. The molecule has 0 bridgehead atoms. The predicted octanol–water partition coefficient (Wildman–Crippen LogP) is 12.8. The molecule has 1 amide bonds. The van der Waals surface area contributed by atoms with Crippen molar-refractivity contribution in [1.29, 1.82) is 0 Å². The highest BCUT2D eigenvalue weighted by Gasteiger charge is 2.16. The smallest absolute Gasteiger partial charge is 0.306 e. The third kappa shape index (κ3) is 38.3. The van der Waals surface area contributed by atoms with Gasteiger partial charge >= 0.3 is 11.9 Å². The van der Waals surface area contributed by atoms with Crippen molar-refractivity contribution >= 4 is 17.8 Å². The Morgan fingerprint density at radius 1 is 0.556 bits per heavy atom. The van der Waals surface area contributed by atoms with Gasteiger partial charge < -0.3 is 24.8 Å². The summed E-state index contributed by atoms with van der Waals surface area (Å²) in [6.07, 6.45) is 41.7. The normalized spacial score (nSPS) is 12.0. The maximum Gasteiger partial charge on any atom is 0.306 e. The first kappa shape index (κ1) is 58.4. The molecule has 1 rings (SSSR count). The number of nitrogens with one attached hydrogen (secondary N) is 1. The number of nitrogens with zero attached hydrogens (tertiary/aromatic N) is 4. The second-order valence-electron chi connectivity index (χ2n) is 18.3. The zero-order chi connectivity index (χ0) is 45.7. The standard InChI is InChI=1S/C52H97N5O6/c1-4-7-10-13-16-17-18-24-34-43-62-49(59)38-29-25-33-42-57(44-47(58)35-30-31-40-54-52(61)51-55-45-53-46-56-51)41-32-23-19-22-28-39-50(60)63-48(36-26-20-14-11-8-5-2)37-27-21-15-12-9-6-3/h45-48,58H,4-44H2,1-3H3,(H,54,61). The lowest BCUT2D eigenvalue weighted by Gasteiger charge is -2.25. The summed E-state index contributed by atoms with van der Waals surface area (Å²) >= 11 is 0. The zero-order valence-corrected chi connectivity index (χ0v) is 41.1. The molecule has 0 saturated carbocycles. The lowest BCUT2D eigenvalue weighted by Crippen LogP contribution is -2.34. The van der Waals surface area contributed by atoms with Crippen LogP contribution in [0.3, 0.4) is 0 Å². The van der Waals surface area contributed by atoms with Gasteiger partial charge in [-0.25, -0.2) is 15.0 Å². The van der Waals surface area contributed by atoms with Crippen molar-refractivity contribution in [3.63, 3.8) is 0 Å². The average molecular weight is 888 g/mol. The van der Waals surface area contributed by atoms with E-state index in [2.05, 4.69) is 45.9 Å². The SMILES string of the molecule is CCCCCCCCCCCOC(=O)CCCCCN(CCCCCCCC(=O)OC(CCCCCCCC)CCCCCCCC)CC(O)CCCCNC(=O)c1ncncn1. The van der Waals surface area contributed by atoms with E-state index in [-0.39, 0.29) is 29.8 Å². The topological polar surface area (TPSA) is 144 Å². The fourth-order valence-electron chi connectivity index (χ4n) is 8.23. The van der Waals surface area contributed by atoms with Gasteiger partial charge in [0.15, 0.2) is 0 Å². The second-order valence-corrected chi connectivity index (χ2v) is 18.3. The van der Waals surface area contributed by atoms with Crippen molar-refractivity contribution in [3.8, 4) is 0 Å². The molecule has 0 aliphatic rings. The largest absolute Gasteiger partial charge is 0.466 e. The molecule has 1 heterocycles. The maximum absolute atomic E-state index is 12.9. The van der Waals surface area contributed by atoms with E-state index in [1.807, 2.05) is 0 Å². The molecule has 366 valence electrons. The van der Waals surface area contributed by atoms with Gasteiger partial charge in [0.1, 0.15) is 18.8 Å². The summed E-state index contributed by atoms with van der Waals surface area (Å²) in [4.78, 5) is 51.3. The van der Waals surface area contributed by atoms with E-state index in [0.29, 0.717) is 39.0 Å². The molecule has 0 aliphatic carbocycles. The van der Waals surface area contributed by atoms with Crippen LogP contribution in [0, 0.1) is 0 Å². The van der Waals surface area contributed by atoms with Crippen LogP contribution in [-0.4, -0.2) is 87.8 Å². The van der Waals surface area contributed by atoms with Crippen LogP contribution in [0.4, 0.5) is 0 Å². The zero-order valence-electron chi connectivity index (χ0n) is 41.1. The highest BCUT2D eigenvalue weighted by Crippen LogP contribution is 2.19. The van der Waals surface area contributed by atoms with Crippen LogP contribution in [0.15, 0.2) is 12.7 Å². The van der Waals surface area contributed by atoms with Crippen LogP contribution in [0.5, 0.6) is 0 Å². The molecular weight excluding hydrogens is 791 g/mol. The Bertz CT molecular complexity index is 1160. The van der Waals surface area contributed by atoms with Crippen molar-refractivity contribution in [3.05, 3.63) is 18.5 Å². The van der Waals surface area contributed by atoms with Crippen LogP contribution < -0.4 is 5.32 Å². The molecule has 1 atom stereocenters. The number of carbonyl (C=O) groups is 3. The maximum atomic E-state index is 12.9. The number of unbranched alkanes of at least 4 members (excludes halogenated alkanes) is 25. The monoisotopic (exact) mass is 888 g/mol. The minimum atomic E-state index is -0.447. The Labute approximate surface area is 386 Å². The van der Waals surface area contributed by atoms with E-state index in [0.717, 1.165) is 116 Å². The second kappa shape index (κ2) is 44.5. The summed E-state index contributed by atoms with van der Waals surface area (Å²) in [5.74, 6) is -0.312. The van der Waals surface area contributed by atoms with Gasteiger partial charge in [-0.05, 0) is 90.1 Å². The van der Waals surface area contributed by atoms with Gasteiger partial charge in [-0.3, -0.25) is 14.4 Å². The first-order valence-corrected chi connectivity index (χ1v) is 26.5. The van der Waals surface area contributed by atoms with Crippen LogP contribution in [0.25, 0.3) is 0 Å². The van der Waals surface area contributed by atoms with Crippen molar-refractivity contribution in [2.24, 2.45) is 0 Å². The highest BCUT2D eigenvalue weighted by molar-refractivity contribution is 5.90. The molecule has 0 spiro atoms. The number of esters is 2. The molecule has 63 heavy (non-hydrogen) atoms. The van der Waals surface area contributed by atoms with E-state index >= 15 is 0 Å².